The van der Waals surface area contributed by atoms with Crippen molar-refractivity contribution in [2.24, 2.45) is 13.0 Å². The summed E-state index contributed by atoms with van der Waals surface area (Å²) in [4.78, 5) is 25.1. The number of carbonyl (C=O) groups excluding carboxylic acids is 1. The molecule has 1 saturated carbocycles. The number of carbonyl (C=O) groups is 1. The molecule has 0 aliphatic heterocycles. The first-order valence-electron chi connectivity index (χ1n) is 6.66. The highest BCUT2D eigenvalue weighted by Gasteiger charge is 2.34. The SMILES string of the molecule is Cn1ccc(C(=O)N[C@H](c2cccs2)C2CC2)cc1=O. The second kappa shape index (κ2) is 5.25. The lowest BCUT2D eigenvalue weighted by molar-refractivity contribution is 0.0932. The molecule has 5 heteroatoms. The molecule has 0 radical (unpaired) electrons. The van der Waals surface area contributed by atoms with Crippen LogP contribution in [0.15, 0.2) is 40.6 Å². The molecule has 0 saturated heterocycles. The topological polar surface area (TPSA) is 51.1 Å². The molecule has 2 aromatic heterocycles. The molecule has 0 aromatic carbocycles. The molecule has 1 atom stereocenters. The average Bonchev–Trinajstić information content (AvgIpc) is 3.13. The van der Waals surface area contributed by atoms with E-state index in [1.54, 1.807) is 30.6 Å². The van der Waals surface area contributed by atoms with Crippen LogP contribution in [0.5, 0.6) is 0 Å². The Morgan fingerprint density at radius 3 is 2.85 bits per heavy atom. The third kappa shape index (κ3) is 2.67. The van der Waals surface area contributed by atoms with Crippen molar-refractivity contribution in [2.45, 2.75) is 18.9 Å². The molecule has 1 aliphatic carbocycles. The van der Waals surface area contributed by atoms with Crippen molar-refractivity contribution < 1.29 is 4.79 Å². The maximum Gasteiger partial charge on any atom is 0.252 e. The van der Waals surface area contributed by atoms with Crippen LogP contribution in [0.3, 0.4) is 0 Å². The van der Waals surface area contributed by atoms with Gasteiger partial charge in [0.25, 0.3) is 11.5 Å². The number of aryl methyl sites for hydroxylation is 1. The summed E-state index contributed by atoms with van der Waals surface area (Å²) in [6.07, 6.45) is 3.92. The van der Waals surface area contributed by atoms with E-state index in [1.807, 2.05) is 11.4 Å². The van der Waals surface area contributed by atoms with Gasteiger partial charge in [-0.1, -0.05) is 6.07 Å². The largest absolute Gasteiger partial charge is 0.344 e. The fourth-order valence-electron chi connectivity index (χ4n) is 2.23. The van der Waals surface area contributed by atoms with E-state index in [0.717, 1.165) is 12.8 Å². The highest BCUT2D eigenvalue weighted by atomic mass is 32.1. The van der Waals surface area contributed by atoms with E-state index < -0.39 is 0 Å². The Labute approximate surface area is 121 Å². The van der Waals surface area contributed by atoms with E-state index in [9.17, 15) is 9.59 Å². The Kier molecular flexibility index (Phi) is 3.44. The molecular weight excluding hydrogens is 272 g/mol. The summed E-state index contributed by atoms with van der Waals surface area (Å²) in [5.41, 5.74) is 0.257. The molecule has 1 amide bonds. The quantitative estimate of drug-likeness (QED) is 0.938. The number of rotatable bonds is 4. The summed E-state index contributed by atoms with van der Waals surface area (Å²) >= 11 is 1.66. The van der Waals surface area contributed by atoms with E-state index in [4.69, 9.17) is 0 Å². The molecule has 0 spiro atoms. The van der Waals surface area contributed by atoms with Gasteiger partial charge in [-0.3, -0.25) is 9.59 Å². The van der Waals surface area contributed by atoms with Crippen molar-refractivity contribution in [1.29, 1.82) is 0 Å². The van der Waals surface area contributed by atoms with Crippen LogP contribution in [0.4, 0.5) is 0 Å². The fourth-order valence-corrected chi connectivity index (χ4v) is 3.10. The summed E-state index contributed by atoms with van der Waals surface area (Å²) in [7, 11) is 1.67. The second-order valence-corrected chi connectivity index (χ2v) is 6.15. The normalized spacial score (nSPS) is 15.8. The van der Waals surface area contributed by atoms with Crippen molar-refractivity contribution in [2.75, 3.05) is 0 Å². The Bertz CT molecular complexity index is 671. The van der Waals surface area contributed by atoms with Crippen LogP contribution in [-0.2, 0) is 7.05 Å². The monoisotopic (exact) mass is 288 g/mol. The van der Waals surface area contributed by atoms with Crippen molar-refractivity contribution in [3.8, 4) is 0 Å². The lowest BCUT2D eigenvalue weighted by atomic mass is 10.1. The third-order valence-corrected chi connectivity index (χ3v) is 4.55. The van der Waals surface area contributed by atoms with E-state index in [2.05, 4.69) is 11.4 Å². The van der Waals surface area contributed by atoms with Crippen LogP contribution >= 0.6 is 11.3 Å². The lowest BCUT2D eigenvalue weighted by Crippen LogP contribution is -2.30. The Morgan fingerprint density at radius 2 is 2.25 bits per heavy atom. The lowest BCUT2D eigenvalue weighted by Gasteiger charge is -2.17. The van der Waals surface area contributed by atoms with E-state index >= 15 is 0 Å². The number of amides is 1. The van der Waals surface area contributed by atoms with Crippen LogP contribution in [0, 0.1) is 5.92 Å². The first-order valence-corrected chi connectivity index (χ1v) is 7.54. The van der Waals surface area contributed by atoms with Gasteiger partial charge < -0.3 is 9.88 Å². The average molecular weight is 288 g/mol. The molecule has 1 fully saturated rings. The first kappa shape index (κ1) is 13.1. The zero-order valence-electron chi connectivity index (χ0n) is 11.2. The molecule has 20 heavy (non-hydrogen) atoms. The highest BCUT2D eigenvalue weighted by Crippen LogP contribution is 2.42. The van der Waals surface area contributed by atoms with Gasteiger partial charge >= 0.3 is 0 Å². The zero-order chi connectivity index (χ0) is 14.1. The molecule has 4 nitrogen and oxygen atoms in total. The minimum Gasteiger partial charge on any atom is -0.344 e. The van der Waals surface area contributed by atoms with Crippen LogP contribution in [-0.4, -0.2) is 10.5 Å². The number of aromatic nitrogens is 1. The predicted octanol–water partition coefficient (Wildman–Crippen LogP) is 2.33. The maximum absolute atomic E-state index is 12.3. The van der Waals surface area contributed by atoms with Gasteiger partial charge in [0.2, 0.25) is 0 Å². The van der Waals surface area contributed by atoms with Crippen molar-refractivity contribution in [3.63, 3.8) is 0 Å². The molecule has 104 valence electrons. The van der Waals surface area contributed by atoms with Gasteiger partial charge in [-0.15, -0.1) is 11.3 Å². The number of hydrogen-bond acceptors (Lipinski definition) is 3. The van der Waals surface area contributed by atoms with Crippen LogP contribution in [0.1, 0.15) is 34.1 Å². The maximum atomic E-state index is 12.3. The van der Waals surface area contributed by atoms with Gasteiger partial charge in [0, 0.05) is 29.8 Å². The Balaban J connectivity index is 1.80. The van der Waals surface area contributed by atoms with Crippen molar-refractivity contribution in [3.05, 3.63) is 56.6 Å². The zero-order valence-corrected chi connectivity index (χ0v) is 12.0. The number of thiophene rings is 1. The number of nitrogens with one attached hydrogen (secondary N) is 1. The summed E-state index contributed by atoms with van der Waals surface area (Å²) < 4.78 is 1.45. The van der Waals surface area contributed by atoms with Crippen molar-refractivity contribution in [1.82, 2.24) is 9.88 Å². The smallest absolute Gasteiger partial charge is 0.252 e. The summed E-state index contributed by atoms with van der Waals surface area (Å²) in [5, 5.41) is 5.09. The van der Waals surface area contributed by atoms with Gasteiger partial charge in [0.15, 0.2) is 0 Å². The highest BCUT2D eigenvalue weighted by molar-refractivity contribution is 7.10. The standard InChI is InChI=1S/C15H16N2O2S/c1-17-7-6-11(9-13(17)18)15(19)16-14(10-4-5-10)12-3-2-8-20-12/h2-3,6-10,14H,4-5H2,1H3,(H,16,19)/t14-/m0/s1. The van der Waals surface area contributed by atoms with E-state index in [-0.39, 0.29) is 17.5 Å². The summed E-state index contributed by atoms with van der Waals surface area (Å²) in [5.74, 6) is 0.358. The fraction of sp³-hybridized carbons (Fsp3) is 0.333. The molecule has 2 aromatic rings. The minimum atomic E-state index is -0.173. The van der Waals surface area contributed by atoms with E-state index in [0.29, 0.717) is 11.5 Å². The predicted molar refractivity (Wildman–Crippen MR) is 78.9 cm³/mol. The molecular formula is C15H16N2O2S. The van der Waals surface area contributed by atoms with Crippen molar-refractivity contribution >= 4 is 17.2 Å². The molecule has 2 heterocycles. The summed E-state index contributed by atoms with van der Waals surface area (Å²) in [6.45, 7) is 0. The Hall–Kier alpha value is -1.88. The van der Waals surface area contributed by atoms with Gasteiger partial charge in [-0.2, -0.15) is 0 Å². The molecule has 1 N–H and O–H groups in total. The molecule has 0 unspecified atom stereocenters. The molecule has 0 bridgehead atoms. The first-order chi connectivity index (χ1) is 9.65. The molecule has 1 aliphatic rings. The van der Waals surface area contributed by atoms with Gasteiger partial charge in [-0.25, -0.2) is 0 Å². The molecule has 3 rings (SSSR count). The second-order valence-electron chi connectivity index (χ2n) is 5.17. The number of nitrogens with zero attached hydrogens (tertiary/aromatic N) is 1. The van der Waals surface area contributed by atoms with Crippen LogP contribution < -0.4 is 10.9 Å². The third-order valence-electron chi connectivity index (χ3n) is 3.60. The summed E-state index contributed by atoms with van der Waals surface area (Å²) in [6, 6.07) is 7.19. The van der Waals surface area contributed by atoms with Gasteiger partial charge in [-0.05, 0) is 36.3 Å². The van der Waals surface area contributed by atoms with Crippen LogP contribution in [0.2, 0.25) is 0 Å². The number of hydrogen-bond donors (Lipinski definition) is 1. The minimum absolute atomic E-state index is 0.0755. The number of pyridine rings is 1. The van der Waals surface area contributed by atoms with Crippen LogP contribution in [0.25, 0.3) is 0 Å². The Morgan fingerprint density at radius 1 is 1.45 bits per heavy atom. The van der Waals surface area contributed by atoms with Gasteiger partial charge in [0.05, 0.1) is 6.04 Å². The van der Waals surface area contributed by atoms with Gasteiger partial charge in [0.1, 0.15) is 0 Å². The van der Waals surface area contributed by atoms with E-state index in [1.165, 1.54) is 15.5 Å².